The van der Waals surface area contributed by atoms with Crippen LogP contribution in [0.3, 0.4) is 0 Å². The van der Waals surface area contributed by atoms with E-state index >= 15 is 0 Å². The molecule has 1 aliphatic rings. The second-order valence-corrected chi connectivity index (χ2v) is 6.26. The molecule has 0 unspecified atom stereocenters. The average molecular weight is 327 g/mol. The number of aromatic nitrogens is 1. The summed E-state index contributed by atoms with van der Waals surface area (Å²) >= 11 is 0. The third kappa shape index (κ3) is 4.54. The molecule has 0 aliphatic heterocycles. The Kier molecular flexibility index (Phi) is 5.41. The molecule has 0 saturated heterocycles. The van der Waals surface area contributed by atoms with Crippen LogP contribution >= 0.6 is 0 Å². The lowest BCUT2D eigenvalue weighted by atomic mass is 10.1. The van der Waals surface area contributed by atoms with Crippen molar-refractivity contribution in [3.63, 3.8) is 0 Å². The molecule has 1 amide bonds. The minimum Gasteiger partial charge on any atom is -0.381 e. The monoisotopic (exact) mass is 327 g/mol. The highest BCUT2D eigenvalue weighted by Crippen LogP contribution is 2.21. The van der Waals surface area contributed by atoms with Crippen molar-refractivity contribution in [2.24, 2.45) is 0 Å². The van der Waals surface area contributed by atoms with Gasteiger partial charge in [-0.2, -0.15) is 0 Å². The van der Waals surface area contributed by atoms with Crippen LogP contribution in [-0.2, 0) is 0 Å². The SMILES string of the molecule is O=C(Nc1ccc(F)cc1)c1cncc(NC2CCCCCC2)c1. The number of rotatable bonds is 4. The van der Waals surface area contributed by atoms with E-state index in [1.165, 1.54) is 56.1 Å². The number of anilines is 2. The molecule has 1 aromatic heterocycles. The van der Waals surface area contributed by atoms with Crippen LogP contribution in [0.25, 0.3) is 0 Å². The first kappa shape index (κ1) is 16.4. The van der Waals surface area contributed by atoms with E-state index in [1.807, 2.05) is 6.07 Å². The molecular formula is C19H22FN3O. The maximum Gasteiger partial charge on any atom is 0.257 e. The number of hydrogen-bond acceptors (Lipinski definition) is 3. The molecule has 4 nitrogen and oxygen atoms in total. The van der Waals surface area contributed by atoms with E-state index in [4.69, 9.17) is 0 Å². The number of benzene rings is 1. The van der Waals surface area contributed by atoms with Crippen molar-refractivity contribution in [3.05, 3.63) is 54.1 Å². The van der Waals surface area contributed by atoms with E-state index < -0.39 is 0 Å². The maximum atomic E-state index is 12.9. The minimum absolute atomic E-state index is 0.251. The number of nitrogens with one attached hydrogen (secondary N) is 2. The minimum atomic E-state index is -0.329. The number of carbonyl (C=O) groups is 1. The molecule has 0 bridgehead atoms. The standard InChI is InChI=1S/C19H22FN3O/c20-15-7-9-17(10-8-15)23-19(24)14-11-18(13-21-12-14)22-16-5-3-1-2-4-6-16/h7-13,16,22H,1-6H2,(H,23,24). The van der Waals surface area contributed by atoms with Crippen LogP contribution in [0.2, 0.25) is 0 Å². The largest absolute Gasteiger partial charge is 0.381 e. The Labute approximate surface area is 141 Å². The molecule has 1 aliphatic carbocycles. The van der Waals surface area contributed by atoms with E-state index in [0.717, 1.165) is 18.5 Å². The lowest BCUT2D eigenvalue weighted by Gasteiger charge is -2.17. The summed E-state index contributed by atoms with van der Waals surface area (Å²) in [5.74, 6) is -0.581. The summed E-state index contributed by atoms with van der Waals surface area (Å²) in [4.78, 5) is 16.5. The summed E-state index contributed by atoms with van der Waals surface area (Å²) in [7, 11) is 0. The number of carbonyl (C=O) groups excluding carboxylic acids is 1. The first-order chi connectivity index (χ1) is 11.7. The lowest BCUT2D eigenvalue weighted by Crippen LogP contribution is -2.19. The Balaban J connectivity index is 1.65. The molecule has 2 aromatic rings. The first-order valence-electron chi connectivity index (χ1n) is 8.49. The predicted octanol–water partition coefficient (Wildman–Crippen LogP) is 4.61. The maximum absolute atomic E-state index is 12.9. The van der Waals surface area contributed by atoms with Gasteiger partial charge in [0.25, 0.3) is 5.91 Å². The van der Waals surface area contributed by atoms with Crippen molar-refractivity contribution >= 4 is 17.3 Å². The molecular weight excluding hydrogens is 305 g/mol. The molecule has 1 aromatic carbocycles. The molecule has 0 spiro atoms. The van der Waals surface area contributed by atoms with Crippen molar-refractivity contribution < 1.29 is 9.18 Å². The number of halogens is 1. The Morgan fingerprint density at radius 3 is 2.42 bits per heavy atom. The number of hydrogen-bond donors (Lipinski definition) is 2. The van der Waals surface area contributed by atoms with Crippen LogP contribution < -0.4 is 10.6 Å². The highest BCUT2D eigenvalue weighted by molar-refractivity contribution is 6.04. The van der Waals surface area contributed by atoms with Crippen molar-refractivity contribution in [2.75, 3.05) is 10.6 Å². The third-order valence-corrected chi connectivity index (χ3v) is 4.33. The zero-order chi connectivity index (χ0) is 16.8. The van der Waals surface area contributed by atoms with Gasteiger partial charge < -0.3 is 10.6 Å². The van der Waals surface area contributed by atoms with E-state index in [2.05, 4.69) is 15.6 Å². The topological polar surface area (TPSA) is 54.0 Å². The molecule has 0 atom stereocenters. The first-order valence-corrected chi connectivity index (χ1v) is 8.49. The second kappa shape index (κ2) is 7.90. The van der Waals surface area contributed by atoms with Crippen molar-refractivity contribution in [3.8, 4) is 0 Å². The molecule has 0 radical (unpaired) electrons. The number of pyridine rings is 1. The van der Waals surface area contributed by atoms with Gasteiger partial charge in [-0.3, -0.25) is 9.78 Å². The summed E-state index contributed by atoms with van der Waals surface area (Å²) in [6, 6.07) is 7.97. The van der Waals surface area contributed by atoms with Crippen LogP contribution in [0.5, 0.6) is 0 Å². The van der Waals surface area contributed by atoms with Crippen LogP contribution in [0.4, 0.5) is 15.8 Å². The van der Waals surface area contributed by atoms with Crippen LogP contribution in [-0.4, -0.2) is 16.9 Å². The van der Waals surface area contributed by atoms with Crippen LogP contribution in [0.15, 0.2) is 42.7 Å². The Hall–Kier alpha value is -2.43. The normalized spacial score (nSPS) is 15.5. The average Bonchev–Trinajstić information content (AvgIpc) is 2.86. The fourth-order valence-electron chi connectivity index (χ4n) is 3.04. The molecule has 1 fully saturated rings. The van der Waals surface area contributed by atoms with E-state index in [-0.39, 0.29) is 11.7 Å². The van der Waals surface area contributed by atoms with E-state index in [1.54, 1.807) is 6.20 Å². The summed E-state index contributed by atoms with van der Waals surface area (Å²) in [6.07, 6.45) is 10.7. The second-order valence-electron chi connectivity index (χ2n) is 6.26. The third-order valence-electron chi connectivity index (χ3n) is 4.33. The molecule has 1 heterocycles. The van der Waals surface area contributed by atoms with Crippen LogP contribution in [0, 0.1) is 5.82 Å². The van der Waals surface area contributed by atoms with Gasteiger partial charge in [0, 0.05) is 24.1 Å². The summed E-state index contributed by atoms with van der Waals surface area (Å²) in [5, 5.41) is 6.25. The molecule has 126 valence electrons. The van der Waals surface area contributed by atoms with Gasteiger partial charge in [0.05, 0.1) is 11.3 Å². The molecule has 5 heteroatoms. The van der Waals surface area contributed by atoms with Gasteiger partial charge in [-0.1, -0.05) is 25.7 Å². The summed E-state index contributed by atoms with van der Waals surface area (Å²) < 4.78 is 12.9. The smallest absolute Gasteiger partial charge is 0.257 e. The summed E-state index contributed by atoms with van der Waals surface area (Å²) in [5.41, 5.74) is 1.91. The number of amides is 1. The fourth-order valence-corrected chi connectivity index (χ4v) is 3.04. The highest BCUT2D eigenvalue weighted by atomic mass is 19.1. The molecule has 2 N–H and O–H groups in total. The Morgan fingerprint density at radius 2 is 1.71 bits per heavy atom. The van der Waals surface area contributed by atoms with Gasteiger partial charge in [0.2, 0.25) is 0 Å². The molecule has 3 rings (SSSR count). The Bertz CT molecular complexity index is 679. The molecule has 24 heavy (non-hydrogen) atoms. The van der Waals surface area contributed by atoms with Crippen LogP contribution in [0.1, 0.15) is 48.9 Å². The van der Waals surface area contributed by atoms with Gasteiger partial charge in [0.15, 0.2) is 0 Å². The van der Waals surface area contributed by atoms with Gasteiger partial charge in [-0.05, 0) is 43.2 Å². The van der Waals surface area contributed by atoms with Gasteiger partial charge in [0.1, 0.15) is 5.82 Å². The van der Waals surface area contributed by atoms with Gasteiger partial charge >= 0.3 is 0 Å². The molecule has 1 saturated carbocycles. The van der Waals surface area contributed by atoms with Gasteiger partial charge in [-0.25, -0.2) is 4.39 Å². The quantitative estimate of drug-likeness (QED) is 0.806. The zero-order valence-electron chi connectivity index (χ0n) is 13.6. The predicted molar refractivity (Wildman–Crippen MR) is 93.7 cm³/mol. The van der Waals surface area contributed by atoms with Crippen molar-refractivity contribution in [1.29, 1.82) is 0 Å². The lowest BCUT2D eigenvalue weighted by molar-refractivity contribution is 0.102. The van der Waals surface area contributed by atoms with E-state index in [9.17, 15) is 9.18 Å². The number of nitrogens with zero attached hydrogens (tertiary/aromatic N) is 1. The van der Waals surface area contributed by atoms with Crippen molar-refractivity contribution in [2.45, 2.75) is 44.6 Å². The van der Waals surface area contributed by atoms with Crippen molar-refractivity contribution in [1.82, 2.24) is 4.98 Å². The van der Waals surface area contributed by atoms with E-state index in [0.29, 0.717) is 17.3 Å². The van der Waals surface area contributed by atoms with Gasteiger partial charge in [-0.15, -0.1) is 0 Å². The highest BCUT2D eigenvalue weighted by Gasteiger charge is 2.13. The fraction of sp³-hybridized carbons (Fsp3) is 0.368. The zero-order valence-corrected chi connectivity index (χ0v) is 13.6. The Morgan fingerprint density at radius 1 is 1.00 bits per heavy atom. The summed E-state index contributed by atoms with van der Waals surface area (Å²) in [6.45, 7) is 0.